The third-order valence-corrected chi connectivity index (χ3v) is 2.82. The molecule has 2 rings (SSSR count). The average molecular weight is 277 g/mol. The van der Waals surface area contributed by atoms with E-state index in [2.05, 4.69) is 0 Å². The monoisotopic (exact) mass is 277 g/mol. The molecule has 0 bridgehead atoms. The summed E-state index contributed by atoms with van der Waals surface area (Å²) in [4.78, 5) is 11.9. The summed E-state index contributed by atoms with van der Waals surface area (Å²) >= 11 is 0. The van der Waals surface area contributed by atoms with Crippen LogP contribution < -0.4 is 5.73 Å². The Hall–Kier alpha value is -2.43. The van der Waals surface area contributed by atoms with E-state index in [0.717, 1.165) is 11.6 Å². The summed E-state index contributed by atoms with van der Waals surface area (Å²) in [5.74, 6) is -2.67. The van der Waals surface area contributed by atoms with Gasteiger partial charge in [0.15, 0.2) is 11.6 Å². The first kappa shape index (κ1) is 14.0. The molecule has 2 N–H and O–H groups in total. The molecule has 0 unspecified atom stereocenters. The summed E-state index contributed by atoms with van der Waals surface area (Å²) < 4.78 is 31.4. The minimum Gasteiger partial charge on any atom is -0.457 e. The highest BCUT2D eigenvalue weighted by Gasteiger charge is 2.14. The van der Waals surface area contributed by atoms with Crippen LogP contribution in [0.3, 0.4) is 0 Å². The Morgan fingerprint density at radius 1 is 1.25 bits per heavy atom. The smallest absolute Gasteiger partial charge is 0.340 e. The number of nitrogens with two attached hydrogens (primary N) is 1. The van der Waals surface area contributed by atoms with Gasteiger partial charge in [-0.25, -0.2) is 13.6 Å². The van der Waals surface area contributed by atoms with Gasteiger partial charge in [0.25, 0.3) is 0 Å². The SMILES string of the molecule is Cc1ccc(N)c(C(=O)OCc2cccc(F)c2F)c1. The van der Waals surface area contributed by atoms with Crippen LogP contribution in [0.2, 0.25) is 0 Å². The van der Waals surface area contributed by atoms with Crippen molar-refractivity contribution in [3.05, 3.63) is 64.7 Å². The van der Waals surface area contributed by atoms with Crippen LogP contribution in [-0.2, 0) is 11.3 Å². The zero-order valence-corrected chi connectivity index (χ0v) is 10.8. The molecule has 0 saturated carbocycles. The standard InChI is InChI=1S/C15H13F2NO2/c1-9-5-6-13(18)11(7-9)15(19)20-8-10-3-2-4-12(16)14(10)17/h2-7H,8,18H2,1H3. The van der Waals surface area contributed by atoms with Crippen molar-refractivity contribution in [3.8, 4) is 0 Å². The number of anilines is 1. The molecule has 3 nitrogen and oxygen atoms in total. The summed E-state index contributed by atoms with van der Waals surface area (Å²) in [5, 5.41) is 0. The lowest BCUT2D eigenvalue weighted by molar-refractivity contribution is 0.0469. The number of nitrogen functional groups attached to an aromatic ring is 1. The highest BCUT2D eigenvalue weighted by atomic mass is 19.2. The van der Waals surface area contributed by atoms with Crippen molar-refractivity contribution in [1.29, 1.82) is 0 Å². The Morgan fingerprint density at radius 3 is 2.75 bits per heavy atom. The van der Waals surface area contributed by atoms with Gasteiger partial charge >= 0.3 is 5.97 Å². The molecule has 0 aliphatic heterocycles. The van der Waals surface area contributed by atoms with Gasteiger partial charge in [0.1, 0.15) is 6.61 Å². The van der Waals surface area contributed by atoms with E-state index in [9.17, 15) is 13.6 Å². The maximum Gasteiger partial charge on any atom is 0.340 e. The fraction of sp³-hybridized carbons (Fsp3) is 0.133. The van der Waals surface area contributed by atoms with Crippen LogP contribution in [0, 0.1) is 18.6 Å². The van der Waals surface area contributed by atoms with E-state index in [-0.39, 0.29) is 23.4 Å². The fourth-order valence-corrected chi connectivity index (χ4v) is 1.73. The van der Waals surface area contributed by atoms with Crippen LogP contribution in [-0.4, -0.2) is 5.97 Å². The molecule has 0 aromatic heterocycles. The average Bonchev–Trinajstić information content (AvgIpc) is 2.43. The molecule has 0 fully saturated rings. The summed E-state index contributed by atoms with van der Waals surface area (Å²) in [5.41, 5.74) is 6.99. The van der Waals surface area contributed by atoms with E-state index in [1.165, 1.54) is 12.1 Å². The first-order valence-corrected chi connectivity index (χ1v) is 5.95. The Bertz CT molecular complexity index is 656. The molecular formula is C15H13F2NO2. The normalized spacial score (nSPS) is 10.3. The Balaban J connectivity index is 2.13. The van der Waals surface area contributed by atoms with Crippen LogP contribution in [0.5, 0.6) is 0 Å². The molecule has 0 amide bonds. The molecule has 5 heteroatoms. The molecule has 0 aliphatic rings. The van der Waals surface area contributed by atoms with Crippen LogP contribution in [0.15, 0.2) is 36.4 Å². The van der Waals surface area contributed by atoms with E-state index in [4.69, 9.17) is 10.5 Å². The van der Waals surface area contributed by atoms with Crippen molar-refractivity contribution in [1.82, 2.24) is 0 Å². The summed E-state index contributed by atoms with van der Waals surface area (Å²) in [6, 6.07) is 8.64. The van der Waals surface area contributed by atoms with Crippen LogP contribution in [0.25, 0.3) is 0 Å². The zero-order chi connectivity index (χ0) is 14.7. The number of ether oxygens (including phenoxy) is 1. The van der Waals surface area contributed by atoms with Gasteiger partial charge in [0.2, 0.25) is 0 Å². The van der Waals surface area contributed by atoms with E-state index in [1.54, 1.807) is 18.2 Å². The van der Waals surface area contributed by atoms with Crippen molar-refractivity contribution in [2.45, 2.75) is 13.5 Å². The predicted octanol–water partition coefficient (Wildman–Crippen LogP) is 3.21. The van der Waals surface area contributed by atoms with Gasteiger partial charge < -0.3 is 10.5 Å². The topological polar surface area (TPSA) is 52.3 Å². The van der Waals surface area contributed by atoms with E-state index in [0.29, 0.717) is 0 Å². The van der Waals surface area contributed by atoms with Crippen molar-refractivity contribution in [2.75, 3.05) is 5.73 Å². The van der Waals surface area contributed by atoms with Gasteiger partial charge in [-0.1, -0.05) is 23.8 Å². The van der Waals surface area contributed by atoms with Crippen LogP contribution in [0.4, 0.5) is 14.5 Å². The number of hydrogen-bond acceptors (Lipinski definition) is 3. The minimum absolute atomic E-state index is 0.0235. The lowest BCUT2D eigenvalue weighted by Gasteiger charge is -2.08. The van der Waals surface area contributed by atoms with Crippen molar-refractivity contribution < 1.29 is 18.3 Å². The van der Waals surface area contributed by atoms with Gasteiger partial charge in [-0.3, -0.25) is 0 Å². The van der Waals surface area contributed by atoms with Crippen LogP contribution in [0.1, 0.15) is 21.5 Å². The maximum atomic E-state index is 13.4. The van der Waals surface area contributed by atoms with E-state index in [1.807, 2.05) is 6.92 Å². The van der Waals surface area contributed by atoms with Crippen molar-refractivity contribution in [3.63, 3.8) is 0 Å². The summed E-state index contributed by atoms with van der Waals surface area (Å²) in [7, 11) is 0. The van der Waals surface area contributed by atoms with Crippen molar-refractivity contribution >= 4 is 11.7 Å². The molecule has 2 aromatic carbocycles. The molecule has 0 heterocycles. The van der Waals surface area contributed by atoms with E-state index < -0.39 is 17.6 Å². The number of aryl methyl sites for hydroxylation is 1. The molecule has 20 heavy (non-hydrogen) atoms. The number of rotatable bonds is 3. The third kappa shape index (κ3) is 2.93. The van der Waals surface area contributed by atoms with Gasteiger partial charge in [-0.15, -0.1) is 0 Å². The third-order valence-electron chi connectivity index (χ3n) is 2.82. The second kappa shape index (κ2) is 5.69. The number of carbonyl (C=O) groups excluding carboxylic acids is 1. The Morgan fingerprint density at radius 2 is 2.00 bits per heavy atom. The molecule has 0 radical (unpaired) electrons. The second-order valence-electron chi connectivity index (χ2n) is 4.38. The number of halogens is 2. The molecular weight excluding hydrogens is 264 g/mol. The van der Waals surface area contributed by atoms with Gasteiger partial charge in [0, 0.05) is 11.3 Å². The molecule has 2 aromatic rings. The number of hydrogen-bond donors (Lipinski definition) is 1. The number of carbonyl (C=O) groups is 1. The van der Waals surface area contributed by atoms with Crippen LogP contribution >= 0.6 is 0 Å². The Labute approximate surface area is 115 Å². The lowest BCUT2D eigenvalue weighted by Crippen LogP contribution is -2.09. The molecule has 104 valence electrons. The largest absolute Gasteiger partial charge is 0.457 e. The molecule has 0 spiro atoms. The second-order valence-corrected chi connectivity index (χ2v) is 4.38. The minimum atomic E-state index is -1.02. The first-order valence-electron chi connectivity index (χ1n) is 5.95. The van der Waals surface area contributed by atoms with Crippen molar-refractivity contribution in [2.24, 2.45) is 0 Å². The number of benzene rings is 2. The predicted molar refractivity (Wildman–Crippen MR) is 71.1 cm³/mol. The van der Waals surface area contributed by atoms with Gasteiger partial charge in [0.05, 0.1) is 5.56 Å². The highest BCUT2D eigenvalue weighted by Crippen LogP contribution is 2.17. The molecule has 0 aliphatic carbocycles. The number of esters is 1. The molecule has 0 saturated heterocycles. The highest BCUT2D eigenvalue weighted by molar-refractivity contribution is 5.95. The summed E-state index contributed by atoms with van der Waals surface area (Å²) in [6.07, 6.45) is 0. The maximum absolute atomic E-state index is 13.4. The lowest BCUT2D eigenvalue weighted by atomic mass is 10.1. The Kier molecular flexibility index (Phi) is 3.98. The molecule has 0 atom stereocenters. The first-order chi connectivity index (χ1) is 9.49. The van der Waals surface area contributed by atoms with E-state index >= 15 is 0 Å². The van der Waals surface area contributed by atoms with Gasteiger partial charge in [-0.05, 0) is 25.1 Å². The fourth-order valence-electron chi connectivity index (χ4n) is 1.73. The quantitative estimate of drug-likeness (QED) is 0.692. The summed E-state index contributed by atoms with van der Waals surface area (Å²) in [6.45, 7) is 1.46. The van der Waals surface area contributed by atoms with Gasteiger partial charge in [-0.2, -0.15) is 0 Å². The zero-order valence-electron chi connectivity index (χ0n) is 10.8.